The van der Waals surface area contributed by atoms with Gasteiger partial charge in [0.25, 0.3) is 5.91 Å². The molecule has 148 valence electrons. The molecule has 0 bridgehead atoms. The van der Waals surface area contributed by atoms with E-state index >= 15 is 0 Å². The molecule has 0 heterocycles. The summed E-state index contributed by atoms with van der Waals surface area (Å²) in [5.74, 6) is -0.752. The van der Waals surface area contributed by atoms with Crippen LogP contribution in [0.1, 0.15) is 29.8 Å². The molecule has 0 unspecified atom stereocenters. The van der Waals surface area contributed by atoms with Crippen molar-refractivity contribution in [2.75, 3.05) is 30.9 Å². The lowest BCUT2D eigenvalue weighted by atomic mass is 10.1. The van der Waals surface area contributed by atoms with Crippen LogP contribution >= 0.6 is 0 Å². The lowest BCUT2D eigenvalue weighted by molar-refractivity contribution is -0.115. The summed E-state index contributed by atoms with van der Waals surface area (Å²) in [4.78, 5) is 37.7. The molecule has 0 aromatic heterocycles. The molecule has 0 radical (unpaired) electrons. The SMILES string of the molecule is COCCN(Cc1ccccc1)C(=O)c1cc(NC(C)=O)cc(NC(C)=O)c1. The number of amides is 3. The van der Waals surface area contributed by atoms with Crippen molar-refractivity contribution >= 4 is 29.1 Å². The van der Waals surface area contributed by atoms with E-state index in [9.17, 15) is 14.4 Å². The van der Waals surface area contributed by atoms with Gasteiger partial charge in [0.15, 0.2) is 0 Å². The van der Waals surface area contributed by atoms with Gasteiger partial charge in [-0.2, -0.15) is 0 Å². The van der Waals surface area contributed by atoms with Gasteiger partial charge < -0.3 is 20.3 Å². The maximum Gasteiger partial charge on any atom is 0.254 e. The summed E-state index contributed by atoms with van der Waals surface area (Å²) in [6, 6.07) is 14.5. The zero-order valence-corrected chi connectivity index (χ0v) is 16.3. The fourth-order valence-electron chi connectivity index (χ4n) is 2.74. The van der Waals surface area contributed by atoms with Crippen LogP contribution in [0.5, 0.6) is 0 Å². The third-order valence-electron chi connectivity index (χ3n) is 3.89. The van der Waals surface area contributed by atoms with Gasteiger partial charge >= 0.3 is 0 Å². The van der Waals surface area contributed by atoms with Crippen LogP contribution in [0.3, 0.4) is 0 Å². The van der Waals surface area contributed by atoms with Gasteiger partial charge in [-0.05, 0) is 23.8 Å². The number of hydrogen-bond donors (Lipinski definition) is 2. The smallest absolute Gasteiger partial charge is 0.254 e. The summed E-state index contributed by atoms with van der Waals surface area (Å²) in [7, 11) is 1.58. The van der Waals surface area contributed by atoms with Gasteiger partial charge in [0.2, 0.25) is 11.8 Å². The van der Waals surface area contributed by atoms with Gasteiger partial charge in [0.05, 0.1) is 6.61 Å². The Morgan fingerprint density at radius 1 is 0.929 bits per heavy atom. The van der Waals surface area contributed by atoms with Crippen molar-refractivity contribution in [1.29, 1.82) is 0 Å². The van der Waals surface area contributed by atoms with Crippen LogP contribution in [0.2, 0.25) is 0 Å². The number of benzene rings is 2. The van der Waals surface area contributed by atoms with Crippen LogP contribution < -0.4 is 10.6 Å². The summed E-state index contributed by atoms with van der Waals surface area (Å²) >= 11 is 0. The van der Waals surface area contributed by atoms with E-state index < -0.39 is 0 Å². The van der Waals surface area contributed by atoms with Crippen molar-refractivity contribution in [2.24, 2.45) is 0 Å². The molecule has 0 fully saturated rings. The molecule has 0 saturated carbocycles. The van der Waals surface area contributed by atoms with Gasteiger partial charge in [-0.25, -0.2) is 0 Å². The first-order valence-corrected chi connectivity index (χ1v) is 8.91. The Balaban J connectivity index is 2.34. The molecule has 3 amide bonds. The number of nitrogens with zero attached hydrogens (tertiary/aromatic N) is 1. The molecule has 0 aliphatic rings. The summed E-state index contributed by atoms with van der Waals surface area (Å²) in [6.07, 6.45) is 0. The lowest BCUT2D eigenvalue weighted by Gasteiger charge is -2.23. The van der Waals surface area contributed by atoms with E-state index in [1.54, 1.807) is 30.2 Å². The summed E-state index contributed by atoms with van der Waals surface area (Å²) in [6.45, 7) is 3.98. The second-order valence-electron chi connectivity index (χ2n) is 6.37. The lowest BCUT2D eigenvalue weighted by Crippen LogP contribution is -2.33. The number of methoxy groups -OCH3 is 1. The van der Waals surface area contributed by atoms with Crippen molar-refractivity contribution in [1.82, 2.24) is 4.90 Å². The van der Waals surface area contributed by atoms with Gasteiger partial charge in [0, 0.05) is 51.0 Å². The summed E-state index contributed by atoms with van der Waals surface area (Å²) in [5, 5.41) is 5.32. The molecule has 2 aromatic carbocycles. The highest BCUT2D eigenvalue weighted by atomic mass is 16.5. The highest BCUT2D eigenvalue weighted by Crippen LogP contribution is 2.21. The Morgan fingerprint density at radius 2 is 1.50 bits per heavy atom. The molecular formula is C21H25N3O4. The first-order chi connectivity index (χ1) is 13.4. The first kappa shape index (κ1) is 21.1. The van der Waals surface area contributed by atoms with Crippen LogP contribution in [0.4, 0.5) is 11.4 Å². The Morgan fingerprint density at radius 3 is 2.00 bits per heavy atom. The van der Waals surface area contributed by atoms with Crippen LogP contribution in [0.25, 0.3) is 0 Å². The minimum absolute atomic E-state index is 0.222. The molecule has 0 atom stereocenters. The average molecular weight is 383 g/mol. The van der Waals surface area contributed by atoms with E-state index in [0.29, 0.717) is 36.6 Å². The van der Waals surface area contributed by atoms with Crippen molar-refractivity contribution in [2.45, 2.75) is 20.4 Å². The molecular weight excluding hydrogens is 358 g/mol. The number of ether oxygens (including phenoxy) is 1. The second-order valence-corrected chi connectivity index (χ2v) is 6.37. The maximum atomic E-state index is 13.2. The van der Waals surface area contributed by atoms with E-state index in [4.69, 9.17) is 4.74 Å². The Kier molecular flexibility index (Phi) is 7.71. The minimum Gasteiger partial charge on any atom is -0.383 e. The minimum atomic E-state index is -0.265. The number of carbonyl (C=O) groups is 3. The molecule has 0 saturated heterocycles. The standard InChI is InChI=1S/C21H25N3O4/c1-15(25)22-19-11-18(12-20(13-19)23-16(2)26)21(27)24(9-10-28-3)14-17-7-5-4-6-8-17/h4-8,11-13H,9-10,14H2,1-3H3,(H,22,25)(H,23,26). The molecule has 2 rings (SSSR count). The molecule has 28 heavy (non-hydrogen) atoms. The van der Waals surface area contributed by atoms with Gasteiger partial charge in [0.1, 0.15) is 0 Å². The number of hydrogen-bond acceptors (Lipinski definition) is 4. The van der Waals surface area contributed by atoms with E-state index in [0.717, 1.165) is 5.56 Å². The van der Waals surface area contributed by atoms with Crippen molar-refractivity contribution in [3.05, 3.63) is 59.7 Å². The molecule has 0 aliphatic carbocycles. The third-order valence-corrected chi connectivity index (χ3v) is 3.89. The summed E-state index contributed by atoms with van der Waals surface area (Å²) < 4.78 is 5.14. The van der Waals surface area contributed by atoms with Gasteiger partial charge in [-0.15, -0.1) is 0 Å². The molecule has 2 aromatic rings. The fraction of sp³-hybridized carbons (Fsp3) is 0.286. The number of nitrogens with one attached hydrogen (secondary N) is 2. The fourth-order valence-corrected chi connectivity index (χ4v) is 2.74. The Hall–Kier alpha value is -3.19. The number of anilines is 2. The Bertz CT molecular complexity index is 803. The third kappa shape index (κ3) is 6.51. The zero-order valence-electron chi connectivity index (χ0n) is 16.3. The zero-order chi connectivity index (χ0) is 20.5. The van der Waals surface area contributed by atoms with Crippen molar-refractivity contribution in [3.63, 3.8) is 0 Å². The van der Waals surface area contributed by atoms with E-state index in [1.165, 1.54) is 13.8 Å². The van der Waals surface area contributed by atoms with Gasteiger partial charge in [-0.1, -0.05) is 30.3 Å². The maximum absolute atomic E-state index is 13.2. The van der Waals surface area contributed by atoms with E-state index in [1.807, 2.05) is 30.3 Å². The van der Waals surface area contributed by atoms with Crippen LogP contribution in [0.15, 0.2) is 48.5 Å². The molecule has 0 aliphatic heterocycles. The predicted octanol–water partition coefficient (Wildman–Crippen LogP) is 2.89. The number of carbonyl (C=O) groups excluding carboxylic acids is 3. The molecule has 7 nitrogen and oxygen atoms in total. The van der Waals surface area contributed by atoms with E-state index in [-0.39, 0.29) is 17.7 Å². The van der Waals surface area contributed by atoms with Crippen molar-refractivity contribution < 1.29 is 19.1 Å². The normalized spacial score (nSPS) is 10.2. The largest absolute Gasteiger partial charge is 0.383 e. The average Bonchev–Trinajstić information content (AvgIpc) is 2.64. The quantitative estimate of drug-likeness (QED) is 0.734. The van der Waals surface area contributed by atoms with E-state index in [2.05, 4.69) is 10.6 Å². The summed E-state index contributed by atoms with van der Waals surface area (Å²) in [5.41, 5.74) is 2.23. The van der Waals surface area contributed by atoms with Crippen LogP contribution in [-0.4, -0.2) is 42.9 Å². The first-order valence-electron chi connectivity index (χ1n) is 8.91. The second kappa shape index (κ2) is 10.2. The molecule has 7 heteroatoms. The Labute approximate surface area is 164 Å². The monoisotopic (exact) mass is 383 g/mol. The highest BCUT2D eigenvalue weighted by molar-refractivity contribution is 6.00. The topological polar surface area (TPSA) is 87.7 Å². The molecule has 2 N–H and O–H groups in total. The number of rotatable bonds is 8. The van der Waals surface area contributed by atoms with Crippen molar-refractivity contribution in [3.8, 4) is 0 Å². The predicted molar refractivity (Wildman–Crippen MR) is 108 cm³/mol. The van der Waals surface area contributed by atoms with Crippen LogP contribution in [0, 0.1) is 0 Å². The van der Waals surface area contributed by atoms with Crippen LogP contribution in [-0.2, 0) is 20.9 Å². The molecule has 0 spiro atoms. The van der Waals surface area contributed by atoms with Gasteiger partial charge in [-0.3, -0.25) is 14.4 Å². The highest BCUT2D eigenvalue weighted by Gasteiger charge is 2.18.